The molecule has 0 unspecified atom stereocenters. The summed E-state index contributed by atoms with van der Waals surface area (Å²) in [4.78, 5) is 14.8. The molecule has 5 nitrogen and oxygen atoms in total. The van der Waals surface area contributed by atoms with E-state index in [-0.39, 0.29) is 6.61 Å². The van der Waals surface area contributed by atoms with Crippen molar-refractivity contribution in [1.82, 2.24) is 4.98 Å². The number of hydrogen-bond acceptors (Lipinski definition) is 5. The van der Waals surface area contributed by atoms with E-state index in [0.29, 0.717) is 6.20 Å². The lowest BCUT2D eigenvalue weighted by molar-refractivity contribution is -0.275. The molecule has 0 radical (unpaired) electrons. The number of carbonyl (C=O) groups excluding carboxylic acids is 1. The van der Waals surface area contributed by atoms with Crippen LogP contribution in [0.2, 0.25) is 0 Å². The quantitative estimate of drug-likeness (QED) is 0.593. The zero-order valence-electron chi connectivity index (χ0n) is 11.5. The summed E-state index contributed by atoms with van der Waals surface area (Å²) < 4.78 is 75.7. The predicted octanol–water partition coefficient (Wildman–Crippen LogP) is 3.03. The number of hydrogen-bond donors (Lipinski definition) is 0. The van der Waals surface area contributed by atoms with E-state index in [4.69, 9.17) is 0 Å². The highest BCUT2D eigenvalue weighted by atomic mass is 19.4. The molecule has 1 rings (SSSR count). The Balaban J connectivity index is 3.28. The largest absolute Gasteiger partial charge is 0.573 e. The Morgan fingerprint density at radius 2 is 2.00 bits per heavy atom. The van der Waals surface area contributed by atoms with Gasteiger partial charge in [0.2, 0.25) is 0 Å². The van der Waals surface area contributed by atoms with Gasteiger partial charge in [0.1, 0.15) is 0 Å². The van der Waals surface area contributed by atoms with Crippen LogP contribution in [-0.4, -0.2) is 31.0 Å². The molecule has 1 aromatic heterocycles. The van der Waals surface area contributed by atoms with Gasteiger partial charge in [-0.1, -0.05) is 0 Å². The van der Waals surface area contributed by atoms with Gasteiger partial charge >= 0.3 is 12.3 Å². The topological polar surface area (TPSA) is 57.7 Å². The highest BCUT2D eigenvalue weighted by molar-refractivity contribution is 5.73. The minimum atomic E-state index is -5.10. The van der Waals surface area contributed by atoms with Gasteiger partial charge in [0, 0.05) is 0 Å². The first kappa shape index (κ1) is 17.9. The molecular formula is C12H12F5NO4. The van der Waals surface area contributed by atoms with Crippen molar-refractivity contribution in [1.29, 1.82) is 0 Å². The van der Waals surface area contributed by atoms with E-state index >= 15 is 0 Å². The fourth-order valence-corrected chi connectivity index (χ4v) is 1.65. The number of rotatable bonds is 6. The smallest absolute Gasteiger partial charge is 0.492 e. The number of aromatic nitrogens is 1. The lowest BCUT2D eigenvalue weighted by atomic mass is 10.1. The third-order valence-electron chi connectivity index (χ3n) is 2.38. The molecule has 0 aliphatic rings. The van der Waals surface area contributed by atoms with Crippen LogP contribution in [0.15, 0.2) is 6.20 Å². The van der Waals surface area contributed by atoms with Crippen molar-refractivity contribution >= 4 is 5.97 Å². The van der Waals surface area contributed by atoms with Gasteiger partial charge in [0.05, 0.1) is 37.6 Å². The summed E-state index contributed by atoms with van der Waals surface area (Å²) in [6, 6.07) is 0. The average Bonchev–Trinajstić information content (AvgIpc) is 2.38. The summed E-state index contributed by atoms with van der Waals surface area (Å²) in [5, 5.41) is 0. The van der Waals surface area contributed by atoms with E-state index in [1.807, 2.05) is 0 Å². The lowest BCUT2D eigenvalue weighted by Gasteiger charge is -2.17. The number of methoxy groups -OCH3 is 1. The second-order valence-electron chi connectivity index (χ2n) is 3.85. The van der Waals surface area contributed by atoms with Crippen molar-refractivity contribution in [3.63, 3.8) is 0 Å². The van der Waals surface area contributed by atoms with E-state index in [2.05, 4.69) is 19.2 Å². The number of esters is 1. The molecule has 0 saturated carbocycles. The molecule has 1 aromatic rings. The van der Waals surface area contributed by atoms with Crippen LogP contribution in [0.5, 0.6) is 11.5 Å². The van der Waals surface area contributed by atoms with Crippen molar-refractivity contribution in [2.75, 3.05) is 13.7 Å². The van der Waals surface area contributed by atoms with Crippen LogP contribution in [0.4, 0.5) is 22.0 Å². The molecule has 1 heterocycles. The highest BCUT2D eigenvalue weighted by Gasteiger charge is 2.35. The van der Waals surface area contributed by atoms with Crippen LogP contribution in [-0.2, 0) is 16.0 Å². The molecule has 0 saturated heterocycles. The molecule has 0 bridgehead atoms. The van der Waals surface area contributed by atoms with E-state index in [1.165, 1.54) is 6.92 Å². The van der Waals surface area contributed by atoms with Gasteiger partial charge in [0.25, 0.3) is 6.43 Å². The van der Waals surface area contributed by atoms with Crippen LogP contribution in [0.25, 0.3) is 0 Å². The van der Waals surface area contributed by atoms with Crippen LogP contribution < -0.4 is 9.47 Å². The third-order valence-corrected chi connectivity index (χ3v) is 2.38. The molecule has 0 aliphatic carbocycles. The molecular weight excluding hydrogens is 317 g/mol. The third kappa shape index (κ3) is 4.71. The molecule has 0 aromatic carbocycles. The van der Waals surface area contributed by atoms with Gasteiger partial charge in [-0.2, -0.15) is 0 Å². The van der Waals surface area contributed by atoms with Crippen molar-refractivity contribution in [3.05, 3.63) is 17.5 Å². The summed E-state index contributed by atoms with van der Waals surface area (Å²) in [5.74, 6) is -2.69. The Kier molecular flexibility index (Phi) is 5.89. The van der Waals surface area contributed by atoms with Gasteiger partial charge in [-0.3, -0.25) is 9.78 Å². The minimum absolute atomic E-state index is 0.0231. The summed E-state index contributed by atoms with van der Waals surface area (Å²) in [5.41, 5.74) is -1.39. The van der Waals surface area contributed by atoms with Gasteiger partial charge in [-0.05, 0) is 6.92 Å². The van der Waals surface area contributed by atoms with E-state index < -0.39 is 47.9 Å². The Bertz CT molecular complexity index is 533. The zero-order valence-corrected chi connectivity index (χ0v) is 11.5. The fraction of sp³-hybridized carbons (Fsp3) is 0.500. The summed E-state index contributed by atoms with van der Waals surface area (Å²) in [6.07, 6.45) is -8.39. The van der Waals surface area contributed by atoms with Crippen molar-refractivity contribution < 1.29 is 41.0 Å². The van der Waals surface area contributed by atoms with Crippen LogP contribution >= 0.6 is 0 Å². The normalized spacial score (nSPS) is 11.5. The van der Waals surface area contributed by atoms with E-state index in [0.717, 1.165) is 7.11 Å². The minimum Gasteiger partial charge on any atom is -0.492 e. The second-order valence-corrected chi connectivity index (χ2v) is 3.85. The average molecular weight is 329 g/mol. The second kappa shape index (κ2) is 7.23. The maximum Gasteiger partial charge on any atom is 0.573 e. The molecule has 0 atom stereocenters. The van der Waals surface area contributed by atoms with E-state index in [9.17, 15) is 26.7 Å². The number of nitrogens with zero attached hydrogens (tertiary/aromatic N) is 1. The van der Waals surface area contributed by atoms with Crippen molar-refractivity contribution in [3.8, 4) is 11.5 Å². The summed E-state index contributed by atoms with van der Waals surface area (Å²) in [6.45, 7) is 1.54. The van der Waals surface area contributed by atoms with Crippen LogP contribution in [0.1, 0.15) is 24.6 Å². The lowest BCUT2D eigenvalue weighted by Crippen LogP contribution is -2.19. The molecule has 22 heavy (non-hydrogen) atoms. The van der Waals surface area contributed by atoms with Gasteiger partial charge < -0.3 is 14.2 Å². The summed E-state index contributed by atoms with van der Waals surface area (Å²) in [7, 11) is 0.901. The number of alkyl halides is 5. The van der Waals surface area contributed by atoms with E-state index in [1.54, 1.807) is 0 Å². The number of halogens is 5. The molecule has 124 valence electrons. The van der Waals surface area contributed by atoms with Gasteiger partial charge in [-0.15, -0.1) is 13.2 Å². The predicted molar refractivity (Wildman–Crippen MR) is 62.8 cm³/mol. The molecule has 0 aliphatic heterocycles. The standard InChI is InChI=1S/C12H12F5NO4/c1-3-21-8(19)4-6-9(11(13)14)10(20-2)7(5-18-6)22-12(15,16)17/h5,11H,3-4H2,1-2H3. The Hall–Kier alpha value is -2.13. The number of ether oxygens (including phenoxy) is 3. The summed E-state index contributed by atoms with van der Waals surface area (Å²) >= 11 is 0. The molecule has 0 N–H and O–H groups in total. The highest BCUT2D eigenvalue weighted by Crippen LogP contribution is 2.40. The zero-order chi connectivity index (χ0) is 16.9. The SMILES string of the molecule is CCOC(=O)Cc1ncc(OC(F)(F)F)c(OC)c1C(F)F. The fourth-order valence-electron chi connectivity index (χ4n) is 1.65. The van der Waals surface area contributed by atoms with Crippen molar-refractivity contribution in [2.45, 2.75) is 26.1 Å². The number of carbonyl (C=O) groups is 1. The molecule has 0 amide bonds. The van der Waals surface area contributed by atoms with Crippen LogP contribution in [0, 0.1) is 0 Å². The first-order chi connectivity index (χ1) is 10.2. The monoisotopic (exact) mass is 329 g/mol. The van der Waals surface area contributed by atoms with Gasteiger partial charge in [-0.25, -0.2) is 8.78 Å². The first-order valence-electron chi connectivity index (χ1n) is 5.94. The molecule has 0 fully saturated rings. The maximum absolute atomic E-state index is 13.1. The van der Waals surface area contributed by atoms with Crippen molar-refractivity contribution in [2.24, 2.45) is 0 Å². The first-order valence-corrected chi connectivity index (χ1v) is 5.94. The molecule has 10 heteroatoms. The maximum atomic E-state index is 13.1. The van der Waals surface area contributed by atoms with Gasteiger partial charge in [0.15, 0.2) is 11.5 Å². The Morgan fingerprint density at radius 1 is 1.36 bits per heavy atom. The molecule has 0 spiro atoms. The number of pyridine rings is 1. The van der Waals surface area contributed by atoms with Crippen LogP contribution in [0.3, 0.4) is 0 Å². The Morgan fingerprint density at radius 3 is 2.45 bits per heavy atom. The Labute approximate surface area is 122 Å².